The van der Waals surface area contributed by atoms with Crippen molar-refractivity contribution in [1.82, 2.24) is 0 Å². The van der Waals surface area contributed by atoms with E-state index in [1.54, 1.807) is 0 Å². The largest absolute Gasteiger partial charge is 0.366 e. The van der Waals surface area contributed by atoms with E-state index >= 15 is 0 Å². The molecule has 2 aromatic rings. The van der Waals surface area contributed by atoms with Crippen molar-refractivity contribution in [2.75, 3.05) is 18.0 Å². The monoisotopic (exact) mass is 226 g/mol. The van der Waals surface area contributed by atoms with Gasteiger partial charge in [0.15, 0.2) is 0 Å². The Labute approximate surface area is 103 Å². The summed E-state index contributed by atoms with van der Waals surface area (Å²) in [6, 6.07) is 20.9. The van der Waals surface area contributed by atoms with E-state index in [2.05, 4.69) is 53.4 Å². The van der Waals surface area contributed by atoms with Gasteiger partial charge >= 0.3 is 0 Å². The first-order valence-electron chi connectivity index (χ1n) is 5.94. The highest BCUT2D eigenvalue weighted by Crippen LogP contribution is 2.15. The van der Waals surface area contributed by atoms with Gasteiger partial charge < -0.3 is 10.6 Å². The van der Waals surface area contributed by atoms with Crippen LogP contribution in [0.4, 0.5) is 5.69 Å². The van der Waals surface area contributed by atoms with E-state index in [1.165, 1.54) is 11.3 Å². The van der Waals surface area contributed by atoms with Gasteiger partial charge in [0.05, 0.1) is 0 Å². The van der Waals surface area contributed by atoms with Crippen molar-refractivity contribution >= 4 is 5.69 Å². The Morgan fingerprint density at radius 2 is 1.41 bits per heavy atom. The molecule has 17 heavy (non-hydrogen) atoms. The molecule has 2 heteroatoms. The van der Waals surface area contributed by atoms with Gasteiger partial charge in [0.2, 0.25) is 0 Å². The summed E-state index contributed by atoms with van der Waals surface area (Å²) >= 11 is 0. The van der Waals surface area contributed by atoms with E-state index in [0.717, 1.165) is 13.1 Å². The topological polar surface area (TPSA) is 29.3 Å². The number of nitrogens with zero attached hydrogens (tertiary/aromatic N) is 1. The molecule has 0 amide bonds. The number of anilines is 1. The molecule has 0 fully saturated rings. The first kappa shape index (κ1) is 11.7. The van der Waals surface area contributed by atoms with Crippen LogP contribution in [0, 0.1) is 0 Å². The maximum atomic E-state index is 5.68. The summed E-state index contributed by atoms with van der Waals surface area (Å²) in [6.07, 6.45) is 0. The Hall–Kier alpha value is -1.80. The highest BCUT2D eigenvalue weighted by atomic mass is 15.1. The van der Waals surface area contributed by atoms with Gasteiger partial charge in [-0.25, -0.2) is 0 Å². The molecule has 0 aromatic heterocycles. The SMILES string of the molecule is NCCN(Cc1ccccc1)c1ccccc1. The number of hydrogen-bond acceptors (Lipinski definition) is 2. The van der Waals surface area contributed by atoms with Gasteiger partial charge in [-0.05, 0) is 17.7 Å². The van der Waals surface area contributed by atoms with Crippen molar-refractivity contribution in [2.24, 2.45) is 5.73 Å². The van der Waals surface area contributed by atoms with Crippen LogP contribution in [0.2, 0.25) is 0 Å². The molecule has 88 valence electrons. The van der Waals surface area contributed by atoms with Gasteiger partial charge in [-0.15, -0.1) is 0 Å². The lowest BCUT2D eigenvalue weighted by Crippen LogP contribution is -2.28. The van der Waals surface area contributed by atoms with Crippen LogP contribution >= 0.6 is 0 Å². The van der Waals surface area contributed by atoms with Crippen molar-refractivity contribution in [3.63, 3.8) is 0 Å². The predicted octanol–water partition coefficient (Wildman–Crippen LogP) is 2.65. The minimum atomic E-state index is 0.668. The Kier molecular flexibility index (Phi) is 4.17. The smallest absolute Gasteiger partial charge is 0.0430 e. The number of rotatable bonds is 5. The minimum Gasteiger partial charge on any atom is -0.366 e. The molecule has 0 radical (unpaired) electrons. The Bertz CT molecular complexity index is 425. The summed E-state index contributed by atoms with van der Waals surface area (Å²) in [5.74, 6) is 0. The molecule has 2 aromatic carbocycles. The molecule has 0 unspecified atom stereocenters. The average molecular weight is 226 g/mol. The average Bonchev–Trinajstić information content (AvgIpc) is 2.40. The summed E-state index contributed by atoms with van der Waals surface area (Å²) in [5.41, 5.74) is 8.21. The first-order valence-corrected chi connectivity index (χ1v) is 5.94. The molecular weight excluding hydrogens is 208 g/mol. The minimum absolute atomic E-state index is 0.668. The van der Waals surface area contributed by atoms with Gasteiger partial charge in [0.25, 0.3) is 0 Å². The Morgan fingerprint density at radius 1 is 0.824 bits per heavy atom. The zero-order chi connectivity index (χ0) is 11.9. The Morgan fingerprint density at radius 3 is 2.00 bits per heavy atom. The molecule has 0 aliphatic carbocycles. The third kappa shape index (κ3) is 3.33. The second-order valence-electron chi connectivity index (χ2n) is 4.03. The van der Waals surface area contributed by atoms with Crippen LogP contribution in [-0.2, 0) is 6.54 Å². The second-order valence-corrected chi connectivity index (χ2v) is 4.03. The lowest BCUT2D eigenvalue weighted by atomic mass is 10.2. The number of para-hydroxylation sites is 1. The summed E-state index contributed by atoms with van der Waals surface area (Å²) in [4.78, 5) is 2.30. The van der Waals surface area contributed by atoms with Gasteiger partial charge in [-0.2, -0.15) is 0 Å². The van der Waals surface area contributed by atoms with Gasteiger partial charge in [-0.1, -0.05) is 48.5 Å². The summed E-state index contributed by atoms with van der Waals surface area (Å²) in [6.45, 7) is 2.45. The number of hydrogen-bond donors (Lipinski definition) is 1. The zero-order valence-corrected chi connectivity index (χ0v) is 9.92. The molecule has 0 aliphatic rings. The molecule has 0 atom stereocenters. The van der Waals surface area contributed by atoms with E-state index in [0.29, 0.717) is 6.54 Å². The van der Waals surface area contributed by atoms with Crippen LogP contribution in [-0.4, -0.2) is 13.1 Å². The van der Waals surface area contributed by atoms with E-state index in [-0.39, 0.29) is 0 Å². The van der Waals surface area contributed by atoms with Crippen LogP contribution < -0.4 is 10.6 Å². The molecule has 2 N–H and O–H groups in total. The molecule has 2 rings (SSSR count). The second kappa shape index (κ2) is 6.06. The van der Waals surface area contributed by atoms with E-state index in [4.69, 9.17) is 5.73 Å². The normalized spacial score (nSPS) is 10.2. The quantitative estimate of drug-likeness (QED) is 0.849. The molecule has 2 nitrogen and oxygen atoms in total. The maximum Gasteiger partial charge on any atom is 0.0430 e. The predicted molar refractivity (Wildman–Crippen MR) is 73.0 cm³/mol. The van der Waals surface area contributed by atoms with Gasteiger partial charge in [-0.3, -0.25) is 0 Å². The first-order chi connectivity index (χ1) is 8.40. The fraction of sp³-hybridized carbons (Fsp3) is 0.200. The lowest BCUT2D eigenvalue weighted by molar-refractivity contribution is 0.790. The molecule has 0 spiro atoms. The van der Waals surface area contributed by atoms with Crippen molar-refractivity contribution in [2.45, 2.75) is 6.54 Å². The van der Waals surface area contributed by atoms with E-state index < -0.39 is 0 Å². The third-order valence-corrected chi connectivity index (χ3v) is 2.74. The lowest BCUT2D eigenvalue weighted by Gasteiger charge is -2.24. The highest BCUT2D eigenvalue weighted by Gasteiger charge is 2.05. The molecule has 0 saturated heterocycles. The molecule has 0 bridgehead atoms. The highest BCUT2D eigenvalue weighted by molar-refractivity contribution is 5.46. The molecule has 0 aliphatic heterocycles. The Balaban J connectivity index is 2.13. The number of benzene rings is 2. The fourth-order valence-electron chi connectivity index (χ4n) is 1.90. The van der Waals surface area contributed by atoms with Crippen LogP contribution in [0.1, 0.15) is 5.56 Å². The summed E-state index contributed by atoms with van der Waals surface area (Å²) < 4.78 is 0. The van der Waals surface area contributed by atoms with E-state index in [1.807, 2.05) is 12.1 Å². The molecular formula is C15H18N2. The molecule has 0 heterocycles. The fourth-order valence-corrected chi connectivity index (χ4v) is 1.90. The molecule has 0 saturated carbocycles. The summed E-state index contributed by atoms with van der Waals surface area (Å²) in [5, 5.41) is 0. The van der Waals surface area contributed by atoms with Crippen LogP contribution in [0.5, 0.6) is 0 Å². The van der Waals surface area contributed by atoms with Crippen molar-refractivity contribution in [1.29, 1.82) is 0 Å². The maximum absolute atomic E-state index is 5.68. The summed E-state index contributed by atoms with van der Waals surface area (Å²) in [7, 11) is 0. The van der Waals surface area contributed by atoms with Crippen molar-refractivity contribution in [3.8, 4) is 0 Å². The van der Waals surface area contributed by atoms with Crippen molar-refractivity contribution in [3.05, 3.63) is 66.2 Å². The van der Waals surface area contributed by atoms with E-state index in [9.17, 15) is 0 Å². The van der Waals surface area contributed by atoms with Crippen LogP contribution in [0.3, 0.4) is 0 Å². The zero-order valence-electron chi connectivity index (χ0n) is 9.92. The third-order valence-electron chi connectivity index (χ3n) is 2.74. The standard InChI is InChI=1S/C15H18N2/c16-11-12-17(15-9-5-2-6-10-15)13-14-7-3-1-4-8-14/h1-10H,11-13,16H2. The van der Waals surface area contributed by atoms with Crippen LogP contribution in [0.15, 0.2) is 60.7 Å². The van der Waals surface area contributed by atoms with Gasteiger partial charge in [0.1, 0.15) is 0 Å². The van der Waals surface area contributed by atoms with Crippen molar-refractivity contribution < 1.29 is 0 Å². The van der Waals surface area contributed by atoms with Gasteiger partial charge in [0, 0.05) is 25.3 Å². The van der Waals surface area contributed by atoms with Crippen LogP contribution in [0.25, 0.3) is 0 Å². The number of nitrogens with two attached hydrogens (primary N) is 1.